The number of aryl methyl sites for hydroxylation is 1. The number of rotatable bonds is 1. The highest BCUT2D eigenvalue weighted by Gasteiger charge is 2.30. The lowest BCUT2D eigenvalue weighted by atomic mass is 10.1. The van der Waals surface area contributed by atoms with Gasteiger partial charge in [-0.05, 0) is 25.1 Å². The van der Waals surface area contributed by atoms with Gasteiger partial charge in [0.2, 0.25) is 0 Å². The molecule has 0 spiro atoms. The van der Waals surface area contributed by atoms with Crippen molar-refractivity contribution in [3.8, 4) is 0 Å². The van der Waals surface area contributed by atoms with Crippen LogP contribution in [0.4, 0.5) is 0 Å². The molecule has 1 N–H and O–H groups in total. The number of nitrogens with zero attached hydrogens (tertiary/aromatic N) is 1. The maximum Gasteiger partial charge on any atom is 0.349 e. The first kappa shape index (κ1) is 11.4. The van der Waals surface area contributed by atoms with Crippen LogP contribution in [0, 0.1) is 6.92 Å². The Morgan fingerprint density at radius 1 is 1.32 bits per heavy atom. The van der Waals surface area contributed by atoms with Crippen molar-refractivity contribution < 1.29 is 9.53 Å². The molecule has 0 aliphatic carbocycles. The van der Waals surface area contributed by atoms with Crippen molar-refractivity contribution in [1.29, 1.82) is 0 Å². The third-order valence-corrected chi connectivity index (χ3v) is 2.81. The minimum Gasteiger partial charge on any atom is -0.422 e. The van der Waals surface area contributed by atoms with Crippen molar-refractivity contribution in [2.75, 3.05) is 0 Å². The number of cyclic esters (lactones) is 1. The lowest BCUT2D eigenvalue weighted by molar-refractivity contribution is 0.0715. The maximum atomic E-state index is 11.7. The van der Waals surface area contributed by atoms with Crippen LogP contribution in [-0.4, -0.2) is 15.9 Å². The first-order chi connectivity index (χ1) is 9.15. The van der Waals surface area contributed by atoms with Crippen LogP contribution >= 0.6 is 0 Å². The van der Waals surface area contributed by atoms with E-state index in [1.807, 2.05) is 6.07 Å². The number of aromatic amines is 1. The highest BCUT2D eigenvalue weighted by atomic mass is 16.5. The van der Waals surface area contributed by atoms with Gasteiger partial charge in [0, 0.05) is 23.5 Å². The van der Waals surface area contributed by atoms with E-state index in [-0.39, 0.29) is 5.56 Å². The summed E-state index contributed by atoms with van der Waals surface area (Å²) in [4.78, 5) is 30.2. The summed E-state index contributed by atoms with van der Waals surface area (Å²) >= 11 is 0. The molecule has 0 unspecified atom stereocenters. The van der Waals surface area contributed by atoms with Crippen LogP contribution in [0.1, 0.15) is 27.3 Å². The van der Waals surface area contributed by atoms with Crippen LogP contribution < -0.4 is 5.56 Å². The van der Waals surface area contributed by atoms with E-state index in [4.69, 9.17) is 4.74 Å². The minimum absolute atomic E-state index is 0.0489. The molecular weight excluding hydrogens is 244 g/mol. The summed E-state index contributed by atoms with van der Waals surface area (Å²) in [6.07, 6.45) is 3.29. The largest absolute Gasteiger partial charge is 0.422 e. The number of esters is 1. The number of hydrogen-bond donors (Lipinski definition) is 1. The normalized spacial score (nSPS) is 15.4. The molecule has 1 aliphatic rings. The zero-order valence-electron chi connectivity index (χ0n) is 10.1. The monoisotopic (exact) mass is 254 g/mol. The summed E-state index contributed by atoms with van der Waals surface area (Å²) in [5, 5.41) is 0. The predicted molar refractivity (Wildman–Crippen MR) is 69.3 cm³/mol. The van der Waals surface area contributed by atoms with Crippen LogP contribution in [0.3, 0.4) is 0 Å². The number of hydrogen-bond acceptors (Lipinski definition) is 4. The van der Waals surface area contributed by atoms with Crippen molar-refractivity contribution in [3.05, 3.63) is 63.3 Å². The standard InChI is InChI=1S/C14H10N2O3/c1-8-6-10-11(7-9-4-2-3-5-15-9)19-14(18)12(10)13(17)16-8/h2-7H,1H3,(H,16,17)/b11-7+. The van der Waals surface area contributed by atoms with E-state index in [0.717, 1.165) is 0 Å². The minimum atomic E-state index is -0.626. The van der Waals surface area contributed by atoms with Crippen LogP contribution in [0.25, 0.3) is 11.8 Å². The van der Waals surface area contributed by atoms with Gasteiger partial charge in [-0.1, -0.05) is 6.07 Å². The lowest BCUT2D eigenvalue weighted by Crippen LogP contribution is -2.16. The van der Waals surface area contributed by atoms with Gasteiger partial charge >= 0.3 is 5.97 Å². The van der Waals surface area contributed by atoms with Crippen molar-refractivity contribution in [3.63, 3.8) is 0 Å². The Morgan fingerprint density at radius 3 is 2.89 bits per heavy atom. The second kappa shape index (κ2) is 4.20. The van der Waals surface area contributed by atoms with E-state index in [0.29, 0.717) is 22.7 Å². The fourth-order valence-electron chi connectivity index (χ4n) is 1.99. The topological polar surface area (TPSA) is 72.0 Å². The number of carbonyl (C=O) groups is 1. The van der Waals surface area contributed by atoms with E-state index in [1.165, 1.54) is 0 Å². The SMILES string of the molecule is Cc1cc2c(c(=O)[nH]1)C(=O)O/C2=C/c1ccccn1. The molecule has 0 amide bonds. The zero-order valence-corrected chi connectivity index (χ0v) is 10.1. The van der Waals surface area contributed by atoms with E-state index >= 15 is 0 Å². The molecule has 19 heavy (non-hydrogen) atoms. The highest BCUT2D eigenvalue weighted by Crippen LogP contribution is 2.28. The summed E-state index contributed by atoms with van der Waals surface area (Å²) in [5.74, 6) is -0.272. The molecule has 3 rings (SSSR count). The van der Waals surface area contributed by atoms with E-state index in [9.17, 15) is 9.59 Å². The molecule has 0 aromatic carbocycles. The lowest BCUT2D eigenvalue weighted by Gasteiger charge is -1.99. The van der Waals surface area contributed by atoms with Crippen molar-refractivity contribution >= 4 is 17.8 Å². The third kappa shape index (κ3) is 1.95. The smallest absolute Gasteiger partial charge is 0.349 e. The Morgan fingerprint density at radius 2 is 2.16 bits per heavy atom. The molecule has 0 radical (unpaired) electrons. The summed E-state index contributed by atoms with van der Waals surface area (Å²) in [6.45, 7) is 1.75. The summed E-state index contributed by atoms with van der Waals surface area (Å²) in [5.41, 5.74) is 1.47. The first-order valence-corrected chi connectivity index (χ1v) is 5.74. The molecule has 1 aliphatic heterocycles. The van der Waals surface area contributed by atoms with Gasteiger partial charge in [0.15, 0.2) is 0 Å². The first-order valence-electron chi connectivity index (χ1n) is 5.74. The molecule has 5 nitrogen and oxygen atoms in total. The third-order valence-electron chi connectivity index (χ3n) is 2.81. The predicted octanol–water partition coefficient (Wildman–Crippen LogP) is 1.75. The van der Waals surface area contributed by atoms with Gasteiger partial charge in [0.1, 0.15) is 11.3 Å². The number of nitrogens with one attached hydrogen (secondary N) is 1. The fourth-order valence-corrected chi connectivity index (χ4v) is 1.99. The summed E-state index contributed by atoms with van der Waals surface area (Å²) in [6, 6.07) is 7.14. The Balaban J connectivity index is 2.18. The number of carbonyl (C=O) groups excluding carboxylic acids is 1. The summed E-state index contributed by atoms with van der Waals surface area (Å²) in [7, 11) is 0. The number of H-pyrrole nitrogens is 1. The Labute approximate surface area is 108 Å². The molecule has 2 aromatic heterocycles. The Kier molecular flexibility index (Phi) is 2.52. The molecule has 0 saturated heterocycles. The number of pyridine rings is 2. The van der Waals surface area contributed by atoms with Gasteiger partial charge in [0.25, 0.3) is 5.56 Å². The average Bonchev–Trinajstić information content (AvgIpc) is 2.67. The maximum absolute atomic E-state index is 11.7. The fraction of sp³-hybridized carbons (Fsp3) is 0.0714. The molecule has 0 saturated carbocycles. The molecule has 0 fully saturated rings. The van der Waals surface area contributed by atoms with Crippen LogP contribution in [0.5, 0.6) is 0 Å². The Bertz CT molecular complexity index is 745. The van der Waals surface area contributed by atoms with Crippen molar-refractivity contribution in [2.24, 2.45) is 0 Å². The molecule has 0 bridgehead atoms. The van der Waals surface area contributed by atoms with Gasteiger partial charge in [-0.2, -0.15) is 0 Å². The van der Waals surface area contributed by atoms with Crippen LogP contribution in [0.2, 0.25) is 0 Å². The van der Waals surface area contributed by atoms with Crippen LogP contribution in [0.15, 0.2) is 35.3 Å². The van der Waals surface area contributed by atoms with E-state index < -0.39 is 11.5 Å². The molecule has 5 heteroatoms. The van der Waals surface area contributed by atoms with E-state index in [2.05, 4.69) is 9.97 Å². The quantitative estimate of drug-likeness (QED) is 0.787. The van der Waals surface area contributed by atoms with Crippen molar-refractivity contribution in [1.82, 2.24) is 9.97 Å². The number of ether oxygens (including phenoxy) is 1. The average molecular weight is 254 g/mol. The molecular formula is C14H10N2O3. The second-order valence-electron chi connectivity index (χ2n) is 4.22. The molecule has 94 valence electrons. The van der Waals surface area contributed by atoms with Crippen molar-refractivity contribution in [2.45, 2.75) is 6.92 Å². The van der Waals surface area contributed by atoms with Gasteiger partial charge in [-0.25, -0.2) is 4.79 Å². The number of aromatic nitrogens is 2. The molecule has 3 heterocycles. The summed E-state index contributed by atoms with van der Waals surface area (Å²) < 4.78 is 5.13. The van der Waals surface area contributed by atoms with E-state index in [1.54, 1.807) is 37.4 Å². The van der Waals surface area contributed by atoms with Crippen LogP contribution in [-0.2, 0) is 4.74 Å². The second-order valence-corrected chi connectivity index (χ2v) is 4.22. The molecule has 0 atom stereocenters. The Hall–Kier alpha value is -2.69. The van der Waals surface area contributed by atoms with Gasteiger partial charge in [0.05, 0.1) is 5.69 Å². The number of fused-ring (bicyclic) bond motifs is 1. The zero-order chi connectivity index (χ0) is 13.4. The highest BCUT2D eigenvalue weighted by molar-refractivity contribution is 6.05. The van der Waals surface area contributed by atoms with Gasteiger partial charge in [-0.3, -0.25) is 9.78 Å². The molecule has 2 aromatic rings. The van der Waals surface area contributed by atoms with Gasteiger partial charge in [-0.15, -0.1) is 0 Å². The van der Waals surface area contributed by atoms with Gasteiger partial charge < -0.3 is 9.72 Å².